The van der Waals surface area contributed by atoms with E-state index in [9.17, 15) is 23.2 Å². The van der Waals surface area contributed by atoms with Crippen LogP contribution in [0.15, 0.2) is 0 Å². The van der Waals surface area contributed by atoms with Gasteiger partial charge in [-0.25, -0.2) is 8.78 Å². The highest BCUT2D eigenvalue weighted by atomic mass is 79.9. The molecule has 19 heavy (non-hydrogen) atoms. The third kappa shape index (κ3) is 4.22. The second-order valence-electron chi connectivity index (χ2n) is 3.53. The highest BCUT2D eigenvalue weighted by Gasteiger charge is 2.56. The molecule has 0 amide bonds. The lowest BCUT2D eigenvalue weighted by Crippen LogP contribution is -2.49. The Morgan fingerprint density at radius 3 is 2.05 bits per heavy atom. The first-order valence-electron chi connectivity index (χ1n) is 5.57. The molecule has 1 unspecified atom stereocenters. The topological polar surface area (TPSA) is 69.7 Å². The minimum absolute atomic E-state index is 0.0382. The summed E-state index contributed by atoms with van der Waals surface area (Å²) in [6, 6.07) is 0. The average Bonchev–Trinajstić information content (AvgIpc) is 2.35. The zero-order chi connectivity index (χ0) is 15.1. The molecule has 0 spiro atoms. The van der Waals surface area contributed by atoms with E-state index in [1.807, 2.05) is 0 Å². The Labute approximate surface area is 117 Å². The lowest BCUT2D eigenvalue weighted by atomic mass is 9.81. The van der Waals surface area contributed by atoms with Crippen LogP contribution in [0.5, 0.6) is 0 Å². The van der Waals surface area contributed by atoms with Gasteiger partial charge in [0, 0.05) is 0 Å². The van der Waals surface area contributed by atoms with Crippen LogP contribution >= 0.6 is 15.9 Å². The molecule has 0 N–H and O–H groups in total. The van der Waals surface area contributed by atoms with Crippen molar-refractivity contribution in [3.63, 3.8) is 0 Å². The van der Waals surface area contributed by atoms with E-state index in [1.54, 1.807) is 0 Å². The molecule has 0 heterocycles. The Hall–Kier alpha value is -1.05. The summed E-state index contributed by atoms with van der Waals surface area (Å²) >= 11 is 2.72. The van der Waals surface area contributed by atoms with Gasteiger partial charge in [-0.2, -0.15) is 0 Å². The Balaban J connectivity index is 5.44. The van der Waals surface area contributed by atoms with Crippen LogP contribution in [0.1, 0.15) is 20.3 Å². The van der Waals surface area contributed by atoms with Crippen LogP contribution in [0.25, 0.3) is 0 Å². The number of hydrogen-bond donors (Lipinski definition) is 0. The van der Waals surface area contributed by atoms with Crippen LogP contribution in [0, 0.1) is 5.41 Å². The predicted molar refractivity (Wildman–Crippen MR) is 65.1 cm³/mol. The van der Waals surface area contributed by atoms with Crippen molar-refractivity contribution in [3.8, 4) is 0 Å². The van der Waals surface area contributed by atoms with E-state index in [-0.39, 0.29) is 13.2 Å². The standard InChI is InChI=1S/C11H15BrF2O5/c1-3-18-8(16)5-11(9(13)14,7(15)6-12)10(17)19-4-2/h9H,3-6H2,1-2H3. The number of esters is 2. The zero-order valence-corrected chi connectivity index (χ0v) is 12.2. The van der Waals surface area contributed by atoms with Crippen molar-refractivity contribution < 1.29 is 32.6 Å². The third-order valence-electron chi connectivity index (χ3n) is 2.36. The fourth-order valence-corrected chi connectivity index (χ4v) is 1.89. The quantitative estimate of drug-likeness (QED) is 0.381. The molecule has 1 atom stereocenters. The molecule has 0 aliphatic rings. The van der Waals surface area contributed by atoms with Gasteiger partial charge < -0.3 is 9.47 Å². The maximum absolute atomic E-state index is 13.2. The first kappa shape index (κ1) is 17.9. The van der Waals surface area contributed by atoms with Crippen LogP contribution in [-0.2, 0) is 23.9 Å². The SMILES string of the molecule is CCOC(=O)CC(C(=O)CBr)(C(=O)OCC)C(F)F. The van der Waals surface area contributed by atoms with Crippen LogP contribution in [0.2, 0.25) is 0 Å². The van der Waals surface area contributed by atoms with Crippen molar-refractivity contribution in [2.75, 3.05) is 18.5 Å². The number of ketones is 1. The van der Waals surface area contributed by atoms with E-state index in [1.165, 1.54) is 13.8 Å². The zero-order valence-electron chi connectivity index (χ0n) is 10.6. The summed E-state index contributed by atoms with van der Waals surface area (Å²) in [6.45, 7) is 2.69. The van der Waals surface area contributed by atoms with Crippen molar-refractivity contribution >= 4 is 33.7 Å². The second kappa shape index (κ2) is 8.19. The first-order valence-corrected chi connectivity index (χ1v) is 6.69. The number of rotatable bonds is 8. The van der Waals surface area contributed by atoms with Gasteiger partial charge in [0.25, 0.3) is 6.43 Å². The number of alkyl halides is 3. The Kier molecular flexibility index (Phi) is 7.73. The van der Waals surface area contributed by atoms with E-state index in [4.69, 9.17) is 0 Å². The maximum Gasteiger partial charge on any atom is 0.326 e. The molecule has 5 nitrogen and oxygen atoms in total. The van der Waals surface area contributed by atoms with Gasteiger partial charge in [-0.15, -0.1) is 0 Å². The van der Waals surface area contributed by atoms with Gasteiger partial charge in [-0.3, -0.25) is 14.4 Å². The van der Waals surface area contributed by atoms with Gasteiger partial charge in [0.1, 0.15) is 0 Å². The molecule has 0 saturated carbocycles. The molecule has 0 saturated heterocycles. The number of carbonyl (C=O) groups excluding carboxylic acids is 3. The highest BCUT2D eigenvalue weighted by Crippen LogP contribution is 2.34. The van der Waals surface area contributed by atoms with Crippen molar-refractivity contribution in [2.24, 2.45) is 5.41 Å². The number of Topliss-reactive ketones (excluding diaryl/α,β-unsaturated/α-hetero) is 1. The van der Waals surface area contributed by atoms with Gasteiger partial charge in [0.15, 0.2) is 11.2 Å². The minimum atomic E-state index is -3.36. The molecule has 0 rings (SSSR count). The summed E-state index contributed by atoms with van der Waals surface area (Å²) in [5.74, 6) is -3.58. The smallest absolute Gasteiger partial charge is 0.326 e. The molecule has 0 aliphatic heterocycles. The normalized spacial score (nSPS) is 13.8. The molecular weight excluding hydrogens is 330 g/mol. The predicted octanol–water partition coefficient (Wildman–Crippen LogP) is 1.72. The fraction of sp³-hybridized carbons (Fsp3) is 0.727. The Bertz CT molecular complexity index is 348. The van der Waals surface area contributed by atoms with E-state index in [2.05, 4.69) is 25.4 Å². The van der Waals surface area contributed by atoms with Crippen LogP contribution in [0.4, 0.5) is 8.78 Å². The van der Waals surface area contributed by atoms with Crippen molar-refractivity contribution in [3.05, 3.63) is 0 Å². The van der Waals surface area contributed by atoms with E-state index >= 15 is 0 Å². The molecule has 0 bridgehead atoms. The van der Waals surface area contributed by atoms with E-state index in [0.717, 1.165) is 0 Å². The van der Waals surface area contributed by atoms with E-state index < -0.39 is 41.3 Å². The van der Waals surface area contributed by atoms with Crippen LogP contribution in [-0.4, -0.2) is 42.7 Å². The Morgan fingerprint density at radius 2 is 1.68 bits per heavy atom. The molecule has 110 valence electrons. The minimum Gasteiger partial charge on any atom is -0.466 e. The van der Waals surface area contributed by atoms with Gasteiger partial charge >= 0.3 is 11.9 Å². The fourth-order valence-electron chi connectivity index (χ4n) is 1.39. The third-order valence-corrected chi connectivity index (χ3v) is 2.87. The summed E-state index contributed by atoms with van der Waals surface area (Å²) in [5.41, 5.74) is -2.81. The summed E-state index contributed by atoms with van der Waals surface area (Å²) < 4.78 is 35.5. The molecule has 0 aliphatic carbocycles. The summed E-state index contributed by atoms with van der Waals surface area (Å²) in [7, 11) is 0. The van der Waals surface area contributed by atoms with Crippen molar-refractivity contribution in [1.82, 2.24) is 0 Å². The Morgan fingerprint density at radius 1 is 1.16 bits per heavy atom. The van der Waals surface area contributed by atoms with Gasteiger partial charge in [-0.1, -0.05) is 15.9 Å². The number of hydrogen-bond acceptors (Lipinski definition) is 5. The first-order chi connectivity index (χ1) is 8.86. The molecule has 0 aromatic heterocycles. The summed E-state index contributed by atoms with van der Waals surface area (Å²) in [6.07, 6.45) is -4.40. The summed E-state index contributed by atoms with van der Waals surface area (Å²) in [4.78, 5) is 34.8. The van der Waals surface area contributed by atoms with Crippen molar-refractivity contribution in [2.45, 2.75) is 26.7 Å². The molecule has 0 aromatic rings. The van der Waals surface area contributed by atoms with Gasteiger partial charge in [-0.05, 0) is 13.8 Å². The number of carbonyl (C=O) groups is 3. The molecule has 0 aromatic carbocycles. The average molecular weight is 345 g/mol. The molecule has 0 radical (unpaired) electrons. The van der Waals surface area contributed by atoms with Crippen LogP contribution < -0.4 is 0 Å². The summed E-state index contributed by atoms with van der Waals surface area (Å²) in [5, 5.41) is -0.491. The van der Waals surface area contributed by atoms with Crippen molar-refractivity contribution in [1.29, 1.82) is 0 Å². The monoisotopic (exact) mass is 344 g/mol. The van der Waals surface area contributed by atoms with Gasteiger partial charge in [0.05, 0.1) is 25.0 Å². The molecule has 8 heteroatoms. The number of halogens is 3. The lowest BCUT2D eigenvalue weighted by Gasteiger charge is -2.27. The highest BCUT2D eigenvalue weighted by molar-refractivity contribution is 9.09. The molecular formula is C11H15BrF2O5. The van der Waals surface area contributed by atoms with Crippen LogP contribution in [0.3, 0.4) is 0 Å². The van der Waals surface area contributed by atoms with E-state index in [0.29, 0.717) is 0 Å². The van der Waals surface area contributed by atoms with Gasteiger partial charge in [0.2, 0.25) is 0 Å². The molecule has 0 fully saturated rings. The largest absolute Gasteiger partial charge is 0.466 e. The number of ether oxygens (including phenoxy) is 2. The lowest BCUT2D eigenvalue weighted by molar-refractivity contribution is -0.176. The maximum atomic E-state index is 13.2. The second-order valence-corrected chi connectivity index (χ2v) is 4.09.